The minimum atomic E-state index is -0.636. The molecule has 0 spiro atoms. The summed E-state index contributed by atoms with van der Waals surface area (Å²) in [4.78, 5) is 15.6. The second-order valence-electron chi connectivity index (χ2n) is 4.33. The molecule has 1 N–H and O–H groups in total. The molecule has 1 amide bonds. The quantitative estimate of drug-likeness (QED) is 0.932. The molecule has 2 aromatic rings. The fourth-order valence-electron chi connectivity index (χ4n) is 1.83. The van der Waals surface area contributed by atoms with Crippen molar-refractivity contribution in [2.24, 2.45) is 0 Å². The van der Waals surface area contributed by atoms with E-state index >= 15 is 0 Å². The summed E-state index contributed by atoms with van der Waals surface area (Å²) < 4.78 is 18.6. The first kappa shape index (κ1) is 14.0. The van der Waals surface area contributed by atoms with Gasteiger partial charge in [0.2, 0.25) is 0 Å². The second kappa shape index (κ2) is 6.14. The van der Waals surface area contributed by atoms with E-state index in [0.717, 1.165) is 11.8 Å². The number of halogens is 1. The van der Waals surface area contributed by atoms with E-state index in [1.807, 2.05) is 31.2 Å². The third kappa shape index (κ3) is 3.12. The highest BCUT2D eigenvalue weighted by molar-refractivity contribution is 5.94. The largest absolute Gasteiger partial charge is 0.497 e. The van der Waals surface area contributed by atoms with Crippen LogP contribution in [0.2, 0.25) is 0 Å². The van der Waals surface area contributed by atoms with Crippen LogP contribution in [0.1, 0.15) is 28.9 Å². The van der Waals surface area contributed by atoms with Crippen molar-refractivity contribution >= 4 is 5.91 Å². The summed E-state index contributed by atoms with van der Waals surface area (Å²) in [5.41, 5.74) is 0.863. The van der Waals surface area contributed by atoms with Crippen LogP contribution in [0.5, 0.6) is 5.75 Å². The first-order chi connectivity index (χ1) is 9.61. The number of hydrogen-bond acceptors (Lipinski definition) is 3. The van der Waals surface area contributed by atoms with Crippen molar-refractivity contribution in [2.45, 2.75) is 13.0 Å². The van der Waals surface area contributed by atoms with Crippen molar-refractivity contribution in [2.75, 3.05) is 7.11 Å². The van der Waals surface area contributed by atoms with Gasteiger partial charge < -0.3 is 10.1 Å². The lowest BCUT2D eigenvalue weighted by Crippen LogP contribution is -2.27. The Hall–Kier alpha value is -2.43. The fourth-order valence-corrected chi connectivity index (χ4v) is 1.83. The molecule has 5 heteroatoms. The zero-order valence-electron chi connectivity index (χ0n) is 11.3. The number of benzene rings is 1. The van der Waals surface area contributed by atoms with E-state index in [2.05, 4.69) is 10.3 Å². The maximum absolute atomic E-state index is 13.5. The molecule has 20 heavy (non-hydrogen) atoms. The van der Waals surface area contributed by atoms with Gasteiger partial charge in [0.1, 0.15) is 5.75 Å². The molecule has 0 saturated carbocycles. The Morgan fingerprint density at radius 2 is 2.20 bits per heavy atom. The van der Waals surface area contributed by atoms with Crippen molar-refractivity contribution in [3.8, 4) is 5.75 Å². The van der Waals surface area contributed by atoms with Crippen molar-refractivity contribution in [1.82, 2.24) is 10.3 Å². The number of amides is 1. The molecule has 1 heterocycles. The van der Waals surface area contributed by atoms with Gasteiger partial charge in [-0.2, -0.15) is 0 Å². The average molecular weight is 274 g/mol. The minimum absolute atomic E-state index is 0.0188. The van der Waals surface area contributed by atoms with E-state index in [1.54, 1.807) is 7.11 Å². The molecule has 0 aliphatic rings. The first-order valence-electron chi connectivity index (χ1n) is 6.16. The number of ether oxygens (including phenoxy) is 1. The molecule has 0 aliphatic carbocycles. The number of aromatic nitrogens is 1. The molecule has 0 radical (unpaired) electrons. The Kier molecular flexibility index (Phi) is 4.30. The molecule has 104 valence electrons. The lowest BCUT2D eigenvalue weighted by molar-refractivity contribution is 0.0935. The lowest BCUT2D eigenvalue weighted by atomic mass is 10.1. The van der Waals surface area contributed by atoms with Gasteiger partial charge in [0, 0.05) is 6.20 Å². The highest BCUT2D eigenvalue weighted by atomic mass is 19.1. The highest BCUT2D eigenvalue weighted by Gasteiger charge is 2.15. The lowest BCUT2D eigenvalue weighted by Gasteiger charge is -2.15. The average Bonchev–Trinajstić information content (AvgIpc) is 2.47. The summed E-state index contributed by atoms with van der Waals surface area (Å²) in [6.07, 6.45) is 2.40. The third-order valence-electron chi connectivity index (χ3n) is 2.96. The molecular formula is C15H15FN2O2. The molecule has 4 nitrogen and oxygen atoms in total. The standard InChI is InChI=1S/C15H15FN2O2/c1-10(11-4-3-5-12(8-11)20-2)18-15(19)13-6-7-17-9-14(13)16/h3-10H,1-2H3,(H,18,19). The van der Waals surface area contributed by atoms with E-state index in [9.17, 15) is 9.18 Å². The van der Waals surface area contributed by atoms with Crippen LogP contribution in [-0.4, -0.2) is 18.0 Å². The van der Waals surface area contributed by atoms with Gasteiger partial charge >= 0.3 is 0 Å². The Balaban J connectivity index is 2.13. The van der Waals surface area contributed by atoms with Gasteiger partial charge in [-0.1, -0.05) is 12.1 Å². The molecule has 0 bridgehead atoms. The minimum Gasteiger partial charge on any atom is -0.497 e. The number of carbonyl (C=O) groups is 1. The predicted octanol–water partition coefficient (Wildman–Crippen LogP) is 2.72. The van der Waals surface area contributed by atoms with Crippen molar-refractivity contribution in [1.29, 1.82) is 0 Å². The Morgan fingerprint density at radius 3 is 2.90 bits per heavy atom. The number of nitrogens with one attached hydrogen (secondary N) is 1. The SMILES string of the molecule is COc1cccc(C(C)NC(=O)c2ccncc2F)c1. The van der Waals surface area contributed by atoms with E-state index in [1.165, 1.54) is 12.3 Å². The monoisotopic (exact) mass is 274 g/mol. The van der Waals surface area contributed by atoms with Crippen LogP contribution >= 0.6 is 0 Å². The van der Waals surface area contributed by atoms with Gasteiger partial charge in [0.05, 0.1) is 24.9 Å². The molecular weight excluding hydrogens is 259 g/mol. The van der Waals surface area contributed by atoms with Crippen molar-refractivity contribution in [3.63, 3.8) is 0 Å². The molecule has 1 unspecified atom stereocenters. The van der Waals surface area contributed by atoms with E-state index in [4.69, 9.17) is 4.74 Å². The molecule has 1 atom stereocenters. The van der Waals surface area contributed by atoms with Gasteiger partial charge in [-0.3, -0.25) is 9.78 Å². The van der Waals surface area contributed by atoms with Crippen LogP contribution in [0.25, 0.3) is 0 Å². The Morgan fingerprint density at radius 1 is 1.40 bits per heavy atom. The second-order valence-corrected chi connectivity index (χ2v) is 4.33. The summed E-state index contributed by atoms with van der Waals surface area (Å²) in [5.74, 6) is -0.401. The molecule has 0 aliphatic heterocycles. The normalized spacial score (nSPS) is 11.8. The number of methoxy groups -OCH3 is 1. The van der Waals surface area contributed by atoms with Gasteiger partial charge in [0.15, 0.2) is 5.82 Å². The molecule has 1 aromatic heterocycles. The number of nitrogens with zero attached hydrogens (tertiary/aromatic N) is 1. The van der Waals surface area contributed by atoms with Crippen LogP contribution in [0.4, 0.5) is 4.39 Å². The van der Waals surface area contributed by atoms with E-state index < -0.39 is 11.7 Å². The zero-order valence-corrected chi connectivity index (χ0v) is 11.3. The molecule has 1 aromatic carbocycles. The summed E-state index contributed by atoms with van der Waals surface area (Å²) in [5, 5.41) is 2.74. The van der Waals surface area contributed by atoms with Crippen LogP contribution in [0.3, 0.4) is 0 Å². The predicted molar refractivity (Wildman–Crippen MR) is 73.1 cm³/mol. The summed E-state index contributed by atoms with van der Waals surface area (Å²) >= 11 is 0. The van der Waals surface area contributed by atoms with Crippen LogP contribution in [0.15, 0.2) is 42.7 Å². The maximum atomic E-state index is 13.5. The smallest absolute Gasteiger partial charge is 0.254 e. The molecule has 2 rings (SSSR count). The van der Waals surface area contributed by atoms with Gasteiger partial charge in [-0.05, 0) is 30.7 Å². The van der Waals surface area contributed by atoms with Crippen LogP contribution < -0.4 is 10.1 Å². The number of hydrogen-bond donors (Lipinski definition) is 1. The first-order valence-corrected chi connectivity index (χ1v) is 6.16. The number of rotatable bonds is 4. The van der Waals surface area contributed by atoms with Crippen molar-refractivity contribution < 1.29 is 13.9 Å². The van der Waals surface area contributed by atoms with E-state index in [-0.39, 0.29) is 11.6 Å². The fraction of sp³-hybridized carbons (Fsp3) is 0.200. The highest BCUT2D eigenvalue weighted by Crippen LogP contribution is 2.19. The third-order valence-corrected chi connectivity index (χ3v) is 2.96. The van der Waals surface area contributed by atoms with Gasteiger partial charge in [0.25, 0.3) is 5.91 Å². The Labute approximate surface area is 116 Å². The topological polar surface area (TPSA) is 51.2 Å². The molecule has 0 fully saturated rings. The van der Waals surface area contributed by atoms with E-state index in [0.29, 0.717) is 5.75 Å². The number of pyridine rings is 1. The van der Waals surface area contributed by atoms with Crippen LogP contribution in [-0.2, 0) is 0 Å². The van der Waals surface area contributed by atoms with Gasteiger partial charge in [-0.25, -0.2) is 4.39 Å². The van der Waals surface area contributed by atoms with Gasteiger partial charge in [-0.15, -0.1) is 0 Å². The maximum Gasteiger partial charge on any atom is 0.254 e. The summed E-state index contributed by atoms with van der Waals surface area (Å²) in [7, 11) is 1.58. The Bertz CT molecular complexity index is 616. The summed E-state index contributed by atoms with van der Waals surface area (Å²) in [6, 6.07) is 8.45. The zero-order chi connectivity index (χ0) is 14.5. The summed E-state index contributed by atoms with van der Waals surface area (Å²) in [6.45, 7) is 1.83. The van der Waals surface area contributed by atoms with Crippen LogP contribution in [0, 0.1) is 5.82 Å². The number of carbonyl (C=O) groups excluding carboxylic acids is 1. The van der Waals surface area contributed by atoms with Crippen molar-refractivity contribution in [3.05, 3.63) is 59.7 Å². The molecule has 0 saturated heterocycles.